The van der Waals surface area contributed by atoms with Crippen molar-refractivity contribution >= 4 is 27.5 Å². The van der Waals surface area contributed by atoms with Gasteiger partial charge in [-0.2, -0.15) is 0 Å². The van der Waals surface area contributed by atoms with Crippen LogP contribution >= 0.6 is 27.5 Å². The molecule has 0 bridgehead atoms. The lowest BCUT2D eigenvalue weighted by Crippen LogP contribution is -2.21. The van der Waals surface area contributed by atoms with Crippen molar-refractivity contribution in [2.24, 2.45) is 11.5 Å². The summed E-state index contributed by atoms with van der Waals surface area (Å²) in [5, 5.41) is 0.690. The van der Waals surface area contributed by atoms with Gasteiger partial charge in [0.05, 0.1) is 0 Å². The largest absolute Gasteiger partial charge is 0.329 e. The van der Waals surface area contributed by atoms with Gasteiger partial charge >= 0.3 is 0 Å². The van der Waals surface area contributed by atoms with Gasteiger partial charge in [0.1, 0.15) is 0 Å². The Balaban J connectivity index is 3.01. The fourth-order valence-electron chi connectivity index (χ4n) is 0.929. The van der Waals surface area contributed by atoms with Crippen LogP contribution < -0.4 is 11.5 Å². The summed E-state index contributed by atoms with van der Waals surface area (Å²) < 4.78 is 0.910. The number of benzene rings is 1. The quantitative estimate of drug-likeness (QED) is 0.843. The van der Waals surface area contributed by atoms with E-state index in [2.05, 4.69) is 15.9 Å². The van der Waals surface area contributed by atoms with E-state index in [-0.39, 0.29) is 6.04 Å². The fraction of sp³-hybridized carbons (Fsp3) is 0.250. The van der Waals surface area contributed by atoms with Crippen molar-refractivity contribution in [3.63, 3.8) is 0 Å². The fourth-order valence-corrected chi connectivity index (χ4v) is 1.91. The first-order valence-corrected chi connectivity index (χ1v) is 4.73. The van der Waals surface area contributed by atoms with Gasteiger partial charge in [0.2, 0.25) is 0 Å². The average molecular weight is 250 g/mol. The molecule has 2 nitrogen and oxygen atoms in total. The number of halogens is 2. The highest BCUT2D eigenvalue weighted by atomic mass is 79.9. The van der Waals surface area contributed by atoms with Crippen molar-refractivity contribution < 1.29 is 0 Å². The van der Waals surface area contributed by atoms with Crippen molar-refractivity contribution in [2.75, 3.05) is 6.54 Å². The van der Waals surface area contributed by atoms with Crippen LogP contribution in [0.5, 0.6) is 0 Å². The van der Waals surface area contributed by atoms with Crippen LogP contribution in [0.4, 0.5) is 0 Å². The Bertz CT molecular complexity index is 278. The predicted octanol–water partition coefficient (Wildman–Crippen LogP) is 2.06. The van der Waals surface area contributed by atoms with Crippen LogP contribution in [0.3, 0.4) is 0 Å². The zero-order valence-electron chi connectivity index (χ0n) is 6.43. The minimum atomic E-state index is -0.128. The second-order valence-corrected chi connectivity index (χ2v) is 3.80. The van der Waals surface area contributed by atoms with E-state index in [1.54, 1.807) is 6.07 Å². The molecule has 4 N–H and O–H groups in total. The molecule has 0 spiro atoms. The molecule has 0 heterocycles. The molecule has 66 valence electrons. The molecule has 4 heteroatoms. The molecule has 0 unspecified atom stereocenters. The molecule has 1 aromatic rings. The van der Waals surface area contributed by atoms with Gasteiger partial charge in [-0.1, -0.05) is 33.6 Å². The first kappa shape index (κ1) is 9.99. The first-order valence-electron chi connectivity index (χ1n) is 3.55. The zero-order valence-corrected chi connectivity index (χ0v) is 8.77. The Kier molecular flexibility index (Phi) is 3.53. The van der Waals surface area contributed by atoms with Crippen LogP contribution in [-0.2, 0) is 0 Å². The van der Waals surface area contributed by atoms with Crippen LogP contribution in [0.25, 0.3) is 0 Å². The van der Waals surface area contributed by atoms with Gasteiger partial charge in [0, 0.05) is 22.1 Å². The Morgan fingerprint density at radius 3 is 2.67 bits per heavy atom. The SMILES string of the molecule is NC[C@H](N)c1ccc(Cl)cc1Br. The standard InChI is InChI=1S/C8H10BrClN2/c9-7-3-5(10)1-2-6(7)8(12)4-11/h1-3,8H,4,11-12H2/t8-/m0/s1. The molecule has 0 radical (unpaired) electrons. The van der Waals surface area contributed by atoms with E-state index in [9.17, 15) is 0 Å². The maximum atomic E-state index is 5.76. The molecule has 1 aromatic carbocycles. The lowest BCUT2D eigenvalue weighted by atomic mass is 10.1. The van der Waals surface area contributed by atoms with E-state index in [1.165, 1.54) is 0 Å². The van der Waals surface area contributed by atoms with Crippen molar-refractivity contribution in [3.05, 3.63) is 33.3 Å². The van der Waals surface area contributed by atoms with Crippen LogP contribution in [0.2, 0.25) is 5.02 Å². The second kappa shape index (κ2) is 4.23. The van der Waals surface area contributed by atoms with E-state index < -0.39 is 0 Å². The van der Waals surface area contributed by atoms with E-state index in [0.717, 1.165) is 10.0 Å². The molecule has 0 aromatic heterocycles. The van der Waals surface area contributed by atoms with Crippen LogP contribution in [0.1, 0.15) is 11.6 Å². The molecule has 1 rings (SSSR count). The van der Waals surface area contributed by atoms with E-state index >= 15 is 0 Å². The summed E-state index contributed by atoms with van der Waals surface area (Å²) in [5.41, 5.74) is 12.2. The van der Waals surface area contributed by atoms with Gasteiger partial charge in [-0.25, -0.2) is 0 Å². The number of nitrogens with two attached hydrogens (primary N) is 2. The predicted molar refractivity (Wildman–Crippen MR) is 55.1 cm³/mol. The second-order valence-electron chi connectivity index (χ2n) is 2.51. The molecule has 0 fully saturated rings. The molecule has 0 aliphatic heterocycles. The molecule has 12 heavy (non-hydrogen) atoms. The average Bonchev–Trinajstić information content (AvgIpc) is 2.03. The Labute approximate surface area is 85.0 Å². The first-order chi connectivity index (χ1) is 5.65. The molecular weight excluding hydrogens is 239 g/mol. The Morgan fingerprint density at radius 1 is 1.50 bits per heavy atom. The lowest BCUT2D eigenvalue weighted by Gasteiger charge is -2.10. The van der Waals surface area contributed by atoms with Crippen molar-refractivity contribution in [1.82, 2.24) is 0 Å². The summed E-state index contributed by atoms with van der Waals surface area (Å²) >= 11 is 9.13. The summed E-state index contributed by atoms with van der Waals surface area (Å²) in [4.78, 5) is 0. The number of hydrogen-bond acceptors (Lipinski definition) is 2. The molecular formula is C8H10BrClN2. The Morgan fingerprint density at radius 2 is 2.17 bits per heavy atom. The summed E-state index contributed by atoms with van der Waals surface area (Å²) in [7, 11) is 0. The van der Waals surface area contributed by atoms with Gasteiger partial charge in [-0.3, -0.25) is 0 Å². The van der Waals surface area contributed by atoms with Crippen molar-refractivity contribution in [1.29, 1.82) is 0 Å². The third-order valence-corrected chi connectivity index (χ3v) is 2.54. The number of rotatable bonds is 2. The normalized spacial score (nSPS) is 13.0. The van der Waals surface area contributed by atoms with E-state index in [1.807, 2.05) is 12.1 Å². The van der Waals surface area contributed by atoms with E-state index in [0.29, 0.717) is 11.6 Å². The summed E-state index contributed by atoms with van der Waals surface area (Å²) in [6, 6.07) is 5.37. The van der Waals surface area contributed by atoms with Crippen LogP contribution in [-0.4, -0.2) is 6.54 Å². The monoisotopic (exact) mass is 248 g/mol. The smallest absolute Gasteiger partial charge is 0.0430 e. The molecule has 0 saturated carbocycles. The van der Waals surface area contributed by atoms with Crippen molar-refractivity contribution in [3.8, 4) is 0 Å². The molecule has 0 aliphatic rings. The van der Waals surface area contributed by atoms with Gasteiger partial charge in [0.25, 0.3) is 0 Å². The minimum absolute atomic E-state index is 0.128. The zero-order chi connectivity index (χ0) is 9.14. The van der Waals surface area contributed by atoms with Gasteiger partial charge in [0.15, 0.2) is 0 Å². The molecule has 0 saturated heterocycles. The van der Waals surface area contributed by atoms with E-state index in [4.69, 9.17) is 23.1 Å². The van der Waals surface area contributed by atoms with Crippen molar-refractivity contribution in [2.45, 2.75) is 6.04 Å². The Hall–Kier alpha value is -0.0900. The molecule has 1 atom stereocenters. The minimum Gasteiger partial charge on any atom is -0.329 e. The highest BCUT2D eigenvalue weighted by molar-refractivity contribution is 9.10. The third-order valence-electron chi connectivity index (χ3n) is 1.62. The number of hydrogen-bond donors (Lipinski definition) is 2. The van der Waals surface area contributed by atoms with Crippen LogP contribution in [0, 0.1) is 0 Å². The summed E-state index contributed by atoms with van der Waals surface area (Å²) in [5.74, 6) is 0. The molecule has 0 aliphatic carbocycles. The highest BCUT2D eigenvalue weighted by Gasteiger charge is 2.07. The summed E-state index contributed by atoms with van der Waals surface area (Å²) in [6.07, 6.45) is 0. The van der Waals surface area contributed by atoms with Gasteiger partial charge in [-0.05, 0) is 17.7 Å². The maximum Gasteiger partial charge on any atom is 0.0430 e. The van der Waals surface area contributed by atoms with Crippen LogP contribution in [0.15, 0.2) is 22.7 Å². The van der Waals surface area contributed by atoms with Gasteiger partial charge in [-0.15, -0.1) is 0 Å². The highest BCUT2D eigenvalue weighted by Crippen LogP contribution is 2.24. The van der Waals surface area contributed by atoms with Gasteiger partial charge < -0.3 is 11.5 Å². The summed E-state index contributed by atoms with van der Waals surface area (Å²) in [6.45, 7) is 0.431. The topological polar surface area (TPSA) is 52.0 Å². The lowest BCUT2D eigenvalue weighted by molar-refractivity contribution is 0.733. The maximum absolute atomic E-state index is 5.76. The third kappa shape index (κ3) is 2.20. The molecule has 0 amide bonds.